The molecular weight excluding hydrogens is 442 g/mol. The number of carbonyl (C=O) groups excluding carboxylic acids is 1. The largest absolute Gasteiger partial charge is 0.378 e. The van der Waals surface area contributed by atoms with E-state index >= 15 is 0 Å². The van der Waals surface area contributed by atoms with Crippen LogP contribution in [0.1, 0.15) is 12.7 Å². The van der Waals surface area contributed by atoms with Crippen molar-refractivity contribution in [3.8, 4) is 5.69 Å². The van der Waals surface area contributed by atoms with E-state index in [0.29, 0.717) is 16.7 Å². The molecule has 2 N–H and O–H groups in total. The molecule has 1 aromatic heterocycles. The molecule has 8 heteroatoms. The van der Waals surface area contributed by atoms with Gasteiger partial charge < -0.3 is 10.6 Å². The first-order valence-corrected chi connectivity index (χ1v) is 11.4. The van der Waals surface area contributed by atoms with Crippen LogP contribution in [0.25, 0.3) is 5.69 Å². The fourth-order valence-corrected chi connectivity index (χ4v) is 4.07. The lowest BCUT2D eigenvalue weighted by molar-refractivity contribution is -0.115. The highest BCUT2D eigenvalue weighted by Gasteiger charge is 2.21. The van der Waals surface area contributed by atoms with Crippen molar-refractivity contribution >= 4 is 40.6 Å². The third-order valence-corrected chi connectivity index (χ3v) is 6.00. The zero-order valence-electron chi connectivity index (χ0n) is 17.4. The fraction of sp³-hybridized carbons (Fsp3) is 0.125. The predicted molar refractivity (Wildman–Crippen MR) is 131 cm³/mol. The molecule has 0 aliphatic carbocycles. The van der Waals surface area contributed by atoms with Crippen LogP contribution < -0.4 is 10.6 Å². The number of aromatic nitrogens is 3. The van der Waals surface area contributed by atoms with Gasteiger partial charge in [-0.3, -0.25) is 9.36 Å². The Bertz CT molecular complexity index is 1170. The van der Waals surface area contributed by atoms with Crippen LogP contribution in [0.5, 0.6) is 0 Å². The number of hydrogen-bond acceptors (Lipinski definition) is 5. The average Bonchev–Trinajstić information content (AvgIpc) is 3.22. The van der Waals surface area contributed by atoms with Gasteiger partial charge in [0.1, 0.15) is 0 Å². The molecule has 3 aromatic carbocycles. The molecule has 0 fully saturated rings. The summed E-state index contributed by atoms with van der Waals surface area (Å²) < 4.78 is 1.97. The summed E-state index contributed by atoms with van der Waals surface area (Å²) in [6, 6.07) is 26.8. The number of anilines is 2. The van der Waals surface area contributed by atoms with Crippen LogP contribution in [0.3, 0.4) is 0 Å². The molecule has 4 rings (SSSR count). The number of hydrogen-bond donors (Lipinski definition) is 2. The fourth-order valence-electron chi connectivity index (χ4n) is 3.05. The van der Waals surface area contributed by atoms with Crippen LogP contribution in [-0.4, -0.2) is 25.9 Å². The monoisotopic (exact) mass is 463 g/mol. The maximum absolute atomic E-state index is 12.7. The van der Waals surface area contributed by atoms with E-state index in [0.717, 1.165) is 22.9 Å². The molecule has 0 bridgehead atoms. The zero-order chi connectivity index (χ0) is 22.3. The van der Waals surface area contributed by atoms with Crippen molar-refractivity contribution in [1.29, 1.82) is 0 Å². The lowest BCUT2D eigenvalue weighted by Gasteiger charge is -2.14. The van der Waals surface area contributed by atoms with E-state index in [1.54, 1.807) is 0 Å². The second-order valence-corrected chi connectivity index (χ2v) is 8.79. The van der Waals surface area contributed by atoms with Crippen LogP contribution >= 0.6 is 23.4 Å². The van der Waals surface area contributed by atoms with E-state index in [1.807, 2.05) is 96.4 Å². The highest BCUT2D eigenvalue weighted by molar-refractivity contribution is 8.00. The standard InChI is InChI=1S/C24H22ClN5OS/c1-17(23(31)27-20-8-4-2-5-9-20)32-24-29-28-22(30(24)21-10-6-3-7-11-21)16-26-19-14-12-18(25)13-15-19/h2-15,17,26H,16H2,1H3,(H,27,31)/t17-/m0/s1. The van der Waals surface area contributed by atoms with Crippen molar-refractivity contribution in [1.82, 2.24) is 14.8 Å². The molecule has 1 amide bonds. The molecular formula is C24H22ClN5OS. The Hall–Kier alpha value is -3.29. The number of amides is 1. The number of rotatable bonds is 8. The third kappa shape index (κ3) is 5.49. The molecule has 6 nitrogen and oxygen atoms in total. The van der Waals surface area contributed by atoms with Gasteiger partial charge in [-0.1, -0.05) is 59.8 Å². The van der Waals surface area contributed by atoms with Crippen LogP contribution in [0, 0.1) is 0 Å². The van der Waals surface area contributed by atoms with Crippen molar-refractivity contribution < 1.29 is 4.79 Å². The minimum absolute atomic E-state index is 0.0929. The van der Waals surface area contributed by atoms with Gasteiger partial charge in [0.15, 0.2) is 11.0 Å². The van der Waals surface area contributed by atoms with Crippen molar-refractivity contribution in [3.05, 3.63) is 95.8 Å². The van der Waals surface area contributed by atoms with Crippen LogP contribution in [0.4, 0.5) is 11.4 Å². The first-order valence-electron chi connectivity index (χ1n) is 10.1. The molecule has 1 atom stereocenters. The van der Waals surface area contributed by atoms with Gasteiger partial charge in [-0.15, -0.1) is 10.2 Å². The number of para-hydroxylation sites is 2. The topological polar surface area (TPSA) is 71.8 Å². The van der Waals surface area contributed by atoms with Crippen LogP contribution in [0.2, 0.25) is 5.02 Å². The maximum Gasteiger partial charge on any atom is 0.237 e. The number of benzene rings is 3. The van der Waals surface area contributed by atoms with E-state index in [4.69, 9.17) is 11.6 Å². The number of carbonyl (C=O) groups is 1. The van der Waals surface area contributed by atoms with Crippen LogP contribution in [-0.2, 0) is 11.3 Å². The minimum Gasteiger partial charge on any atom is -0.378 e. The lowest BCUT2D eigenvalue weighted by atomic mass is 10.3. The normalized spacial score (nSPS) is 11.7. The Morgan fingerprint density at radius 2 is 1.59 bits per heavy atom. The van der Waals surface area contributed by atoms with Gasteiger partial charge in [0.2, 0.25) is 5.91 Å². The highest BCUT2D eigenvalue weighted by Crippen LogP contribution is 2.27. The Morgan fingerprint density at radius 3 is 2.28 bits per heavy atom. The molecule has 0 radical (unpaired) electrons. The molecule has 32 heavy (non-hydrogen) atoms. The summed E-state index contributed by atoms with van der Waals surface area (Å²) in [7, 11) is 0. The van der Waals surface area contributed by atoms with Crippen molar-refractivity contribution in [2.75, 3.05) is 10.6 Å². The first kappa shape index (κ1) is 21.9. The third-order valence-electron chi connectivity index (χ3n) is 4.70. The predicted octanol–water partition coefficient (Wildman–Crippen LogP) is 5.65. The summed E-state index contributed by atoms with van der Waals surface area (Å²) in [4.78, 5) is 12.7. The van der Waals surface area contributed by atoms with E-state index < -0.39 is 0 Å². The summed E-state index contributed by atoms with van der Waals surface area (Å²) in [5, 5.41) is 16.0. The summed E-state index contributed by atoms with van der Waals surface area (Å²) >= 11 is 7.34. The molecule has 0 unspecified atom stereocenters. The second-order valence-electron chi connectivity index (χ2n) is 7.05. The minimum atomic E-state index is -0.362. The number of halogens is 1. The molecule has 4 aromatic rings. The van der Waals surface area contributed by atoms with Crippen molar-refractivity contribution in [2.45, 2.75) is 23.9 Å². The molecule has 0 aliphatic heterocycles. The number of nitrogens with zero attached hydrogens (tertiary/aromatic N) is 3. The van der Waals surface area contributed by atoms with Gasteiger partial charge in [-0.05, 0) is 55.5 Å². The lowest BCUT2D eigenvalue weighted by Crippen LogP contribution is -2.23. The Labute approximate surface area is 196 Å². The highest BCUT2D eigenvalue weighted by atomic mass is 35.5. The molecule has 0 saturated heterocycles. The van der Waals surface area contributed by atoms with Gasteiger partial charge in [-0.25, -0.2) is 0 Å². The van der Waals surface area contributed by atoms with Gasteiger partial charge in [0.25, 0.3) is 0 Å². The van der Waals surface area contributed by atoms with E-state index in [2.05, 4.69) is 20.8 Å². The second kappa shape index (κ2) is 10.3. The average molecular weight is 464 g/mol. The SMILES string of the molecule is C[C@H](Sc1nnc(CNc2ccc(Cl)cc2)n1-c1ccccc1)C(=O)Nc1ccccc1. The smallest absolute Gasteiger partial charge is 0.237 e. The molecule has 1 heterocycles. The molecule has 0 spiro atoms. The molecule has 162 valence electrons. The molecule has 0 saturated carbocycles. The number of nitrogens with one attached hydrogen (secondary N) is 2. The summed E-state index contributed by atoms with van der Waals surface area (Å²) in [5.74, 6) is 0.647. The van der Waals surface area contributed by atoms with Gasteiger partial charge in [0.05, 0.1) is 11.8 Å². The summed E-state index contributed by atoms with van der Waals surface area (Å²) in [6.45, 7) is 2.33. The van der Waals surface area contributed by atoms with E-state index in [9.17, 15) is 4.79 Å². The van der Waals surface area contributed by atoms with Gasteiger partial charge in [0, 0.05) is 22.1 Å². The van der Waals surface area contributed by atoms with Crippen molar-refractivity contribution in [2.24, 2.45) is 0 Å². The van der Waals surface area contributed by atoms with E-state index in [1.165, 1.54) is 11.8 Å². The zero-order valence-corrected chi connectivity index (χ0v) is 19.0. The van der Waals surface area contributed by atoms with Crippen LogP contribution in [0.15, 0.2) is 90.1 Å². The Kier molecular flexibility index (Phi) is 7.09. The van der Waals surface area contributed by atoms with E-state index in [-0.39, 0.29) is 11.2 Å². The maximum atomic E-state index is 12.7. The molecule has 0 aliphatic rings. The Balaban J connectivity index is 1.53. The summed E-state index contributed by atoms with van der Waals surface area (Å²) in [6.07, 6.45) is 0. The number of thioether (sulfide) groups is 1. The first-order chi connectivity index (χ1) is 15.6. The van der Waals surface area contributed by atoms with Gasteiger partial charge >= 0.3 is 0 Å². The van der Waals surface area contributed by atoms with Crippen molar-refractivity contribution in [3.63, 3.8) is 0 Å². The van der Waals surface area contributed by atoms with Gasteiger partial charge in [-0.2, -0.15) is 0 Å². The summed E-state index contributed by atoms with van der Waals surface area (Å²) in [5.41, 5.74) is 2.63. The Morgan fingerprint density at radius 1 is 0.938 bits per heavy atom. The quantitative estimate of drug-likeness (QED) is 0.330.